The SMILES string of the molecule is CCOc1cc(C(=O)Nc2ccc(CCNC)cc2)c(NC(=O)c2cc(=O)c3ccccc3o2)cc1OC.O=C(O)C(F)(F)F. The summed E-state index contributed by atoms with van der Waals surface area (Å²) in [6.45, 7) is 3.00. The molecular weight excluding hydrogens is 599 g/mol. The number of halogens is 3. The Morgan fingerprint density at radius 2 is 1.60 bits per heavy atom. The molecule has 0 bridgehead atoms. The highest BCUT2D eigenvalue weighted by molar-refractivity contribution is 6.12. The van der Waals surface area contributed by atoms with Crippen molar-refractivity contribution >= 4 is 40.1 Å². The van der Waals surface area contributed by atoms with Gasteiger partial charge in [0.25, 0.3) is 11.8 Å². The molecule has 0 spiro atoms. The summed E-state index contributed by atoms with van der Waals surface area (Å²) in [5.74, 6) is -3.43. The quantitative estimate of drug-likeness (QED) is 0.187. The van der Waals surface area contributed by atoms with Crippen molar-refractivity contribution in [3.8, 4) is 11.5 Å². The molecule has 0 atom stereocenters. The summed E-state index contributed by atoms with van der Waals surface area (Å²) in [5, 5.41) is 16.1. The van der Waals surface area contributed by atoms with Gasteiger partial charge in [-0.1, -0.05) is 24.3 Å². The van der Waals surface area contributed by atoms with Crippen molar-refractivity contribution in [1.82, 2.24) is 5.32 Å². The number of para-hydroxylation sites is 1. The third-order valence-electron chi connectivity index (χ3n) is 6.07. The van der Waals surface area contributed by atoms with Gasteiger partial charge in [-0.15, -0.1) is 0 Å². The molecule has 45 heavy (non-hydrogen) atoms. The molecule has 238 valence electrons. The zero-order valence-corrected chi connectivity index (χ0v) is 24.4. The van der Waals surface area contributed by atoms with Gasteiger partial charge in [-0.05, 0) is 62.8 Å². The van der Waals surface area contributed by atoms with Gasteiger partial charge in [0, 0.05) is 17.8 Å². The van der Waals surface area contributed by atoms with Crippen LogP contribution in [-0.4, -0.2) is 56.4 Å². The fourth-order valence-electron chi connectivity index (χ4n) is 3.90. The topological polar surface area (TPSA) is 156 Å². The second kappa shape index (κ2) is 15.4. The number of carboxylic acid groups (broad SMARTS) is 1. The van der Waals surface area contributed by atoms with E-state index in [1.54, 1.807) is 24.3 Å². The number of hydrogen-bond acceptors (Lipinski definition) is 8. The number of carbonyl (C=O) groups excluding carboxylic acids is 2. The first-order valence-electron chi connectivity index (χ1n) is 13.4. The van der Waals surface area contributed by atoms with E-state index in [-0.39, 0.29) is 28.0 Å². The number of likely N-dealkylation sites (N-methyl/N-ethyl adjacent to an activating group) is 1. The van der Waals surface area contributed by atoms with Crippen molar-refractivity contribution in [2.45, 2.75) is 19.5 Å². The molecule has 0 aliphatic rings. The van der Waals surface area contributed by atoms with Gasteiger partial charge in [0.15, 0.2) is 22.7 Å². The number of hydrogen-bond donors (Lipinski definition) is 4. The second-order valence-corrected chi connectivity index (χ2v) is 9.21. The predicted octanol–water partition coefficient (Wildman–Crippen LogP) is 5.10. The molecule has 4 rings (SSSR count). The standard InChI is InChI=1S/C29H29N3O6.C2HF3O2/c1-4-37-26-15-21(28(34)31-19-11-9-18(10-12-19)13-14-30-2)22(16-25(26)36-3)32-29(35)27-17-23(33)20-7-5-6-8-24(20)38-27;3-2(4,5)1(6)7/h5-12,15-17,30H,4,13-14H2,1-3H3,(H,31,34)(H,32,35);(H,6,7). The maximum absolute atomic E-state index is 13.4. The summed E-state index contributed by atoms with van der Waals surface area (Å²) in [7, 11) is 3.35. The maximum Gasteiger partial charge on any atom is 0.490 e. The molecule has 0 saturated carbocycles. The van der Waals surface area contributed by atoms with E-state index >= 15 is 0 Å². The number of amides is 2. The number of nitrogens with one attached hydrogen (secondary N) is 3. The van der Waals surface area contributed by atoms with Crippen LogP contribution in [0.2, 0.25) is 0 Å². The molecule has 4 N–H and O–H groups in total. The summed E-state index contributed by atoms with van der Waals surface area (Å²) in [5.41, 5.74) is 1.96. The van der Waals surface area contributed by atoms with Crippen LogP contribution < -0.4 is 30.9 Å². The molecule has 1 heterocycles. The summed E-state index contributed by atoms with van der Waals surface area (Å²) in [6, 6.07) is 18.3. The first-order valence-corrected chi connectivity index (χ1v) is 13.4. The monoisotopic (exact) mass is 629 g/mol. The van der Waals surface area contributed by atoms with Gasteiger partial charge in [0.2, 0.25) is 0 Å². The van der Waals surface area contributed by atoms with Crippen LogP contribution in [0.4, 0.5) is 24.5 Å². The zero-order valence-electron chi connectivity index (χ0n) is 24.4. The predicted molar refractivity (Wildman–Crippen MR) is 160 cm³/mol. The number of benzene rings is 3. The fourth-order valence-corrected chi connectivity index (χ4v) is 3.90. The molecule has 0 fully saturated rings. The number of carbonyl (C=O) groups is 3. The van der Waals surface area contributed by atoms with Crippen molar-refractivity contribution in [1.29, 1.82) is 0 Å². The summed E-state index contributed by atoms with van der Waals surface area (Å²) in [4.78, 5) is 47.9. The van der Waals surface area contributed by atoms with Gasteiger partial charge in [0.05, 0.1) is 30.4 Å². The third-order valence-corrected chi connectivity index (χ3v) is 6.07. The Kier molecular flexibility index (Phi) is 11.7. The highest BCUT2D eigenvalue weighted by Gasteiger charge is 2.38. The normalized spacial score (nSPS) is 10.8. The number of anilines is 2. The first kappa shape index (κ1) is 34.1. The van der Waals surface area contributed by atoms with E-state index in [0.717, 1.165) is 24.6 Å². The molecule has 4 aromatic rings. The second-order valence-electron chi connectivity index (χ2n) is 9.21. The van der Waals surface area contributed by atoms with Crippen LogP contribution in [0.15, 0.2) is 75.9 Å². The average Bonchev–Trinajstić information content (AvgIpc) is 3.01. The third kappa shape index (κ3) is 9.31. The number of alkyl halides is 3. The van der Waals surface area contributed by atoms with Gasteiger partial charge in [-0.25, -0.2) is 4.79 Å². The van der Waals surface area contributed by atoms with Gasteiger partial charge >= 0.3 is 12.1 Å². The minimum Gasteiger partial charge on any atom is -0.493 e. The van der Waals surface area contributed by atoms with Gasteiger partial charge < -0.3 is 34.9 Å². The molecule has 0 unspecified atom stereocenters. The van der Waals surface area contributed by atoms with Crippen LogP contribution in [0, 0.1) is 0 Å². The molecule has 3 aromatic carbocycles. The maximum atomic E-state index is 13.4. The minimum absolute atomic E-state index is 0.144. The largest absolute Gasteiger partial charge is 0.493 e. The van der Waals surface area contributed by atoms with E-state index in [1.165, 1.54) is 19.2 Å². The summed E-state index contributed by atoms with van der Waals surface area (Å²) < 4.78 is 48.5. The first-order chi connectivity index (χ1) is 21.4. The molecule has 0 saturated heterocycles. The molecule has 14 heteroatoms. The van der Waals surface area contributed by atoms with Crippen LogP contribution in [0.1, 0.15) is 33.4 Å². The molecular formula is C31H30F3N3O8. The Labute approximate surface area is 255 Å². The Morgan fingerprint density at radius 3 is 2.20 bits per heavy atom. The Balaban J connectivity index is 0.000000707. The molecule has 0 radical (unpaired) electrons. The van der Waals surface area contributed by atoms with Crippen molar-refractivity contribution < 1.29 is 46.6 Å². The fraction of sp³-hybridized carbons (Fsp3) is 0.226. The highest BCUT2D eigenvalue weighted by atomic mass is 19.4. The number of fused-ring (bicyclic) bond motifs is 1. The lowest BCUT2D eigenvalue weighted by Crippen LogP contribution is -2.21. The lowest BCUT2D eigenvalue weighted by molar-refractivity contribution is -0.192. The number of carboxylic acids is 1. The van der Waals surface area contributed by atoms with Crippen LogP contribution in [-0.2, 0) is 11.2 Å². The number of aliphatic carboxylic acids is 1. The van der Waals surface area contributed by atoms with E-state index in [0.29, 0.717) is 29.2 Å². The molecule has 0 aliphatic carbocycles. The van der Waals surface area contributed by atoms with E-state index in [4.69, 9.17) is 23.8 Å². The minimum atomic E-state index is -5.08. The van der Waals surface area contributed by atoms with Gasteiger partial charge in [-0.3, -0.25) is 14.4 Å². The molecule has 1 aromatic heterocycles. The van der Waals surface area contributed by atoms with Crippen molar-refractivity contribution in [3.05, 3.63) is 93.8 Å². The Bertz CT molecular complexity index is 1720. The highest BCUT2D eigenvalue weighted by Crippen LogP contribution is 2.34. The van der Waals surface area contributed by atoms with Crippen LogP contribution in [0.25, 0.3) is 11.0 Å². The van der Waals surface area contributed by atoms with Crippen molar-refractivity contribution in [3.63, 3.8) is 0 Å². The smallest absolute Gasteiger partial charge is 0.490 e. The van der Waals surface area contributed by atoms with E-state index in [9.17, 15) is 27.6 Å². The van der Waals surface area contributed by atoms with Gasteiger partial charge in [0.1, 0.15) is 5.58 Å². The lowest BCUT2D eigenvalue weighted by Gasteiger charge is -2.16. The van der Waals surface area contributed by atoms with E-state index in [2.05, 4.69) is 16.0 Å². The lowest BCUT2D eigenvalue weighted by atomic mass is 10.1. The van der Waals surface area contributed by atoms with Crippen LogP contribution in [0.5, 0.6) is 11.5 Å². The summed E-state index contributed by atoms with van der Waals surface area (Å²) in [6.07, 6.45) is -4.22. The number of rotatable bonds is 10. The van der Waals surface area contributed by atoms with Crippen LogP contribution >= 0.6 is 0 Å². The summed E-state index contributed by atoms with van der Waals surface area (Å²) >= 11 is 0. The van der Waals surface area contributed by atoms with E-state index < -0.39 is 24.0 Å². The van der Waals surface area contributed by atoms with Crippen molar-refractivity contribution in [2.24, 2.45) is 0 Å². The van der Waals surface area contributed by atoms with Crippen molar-refractivity contribution in [2.75, 3.05) is 37.9 Å². The Hall–Kier alpha value is -5.37. The molecule has 11 nitrogen and oxygen atoms in total. The van der Waals surface area contributed by atoms with Crippen LogP contribution in [0.3, 0.4) is 0 Å². The molecule has 2 amide bonds. The zero-order chi connectivity index (χ0) is 33.1. The van der Waals surface area contributed by atoms with Gasteiger partial charge in [-0.2, -0.15) is 13.2 Å². The average molecular weight is 630 g/mol. The molecule has 0 aliphatic heterocycles. The number of ether oxygens (including phenoxy) is 2. The number of methoxy groups -OCH3 is 1. The Morgan fingerprint density at radius 1 is 0.933 bits per heavy atom. The van der Waals surface area contributed by atoms with E-state index in [1.807, 2.05) is 38.2 Å².